The normalized spacial score (nSPS) is 10.5. The van der Waals surface area contributed by atoms with Crippen LogP contribution in [0.5, 0.6) is 0 Å². The second-order valence-electron chi connectivity index (χ2n) is 4.49. The van der Waals surface area contributed by atoms with Crippen molar-refractivity contribution >= 4 is 28.0 Å². The molecule has 2 aromatic carbocycles. The molecule has 0 fully saturated rings. The third-order valence-corrected chi connectivity index (χ3v) is 3.70. The van der Waals surface area contributed by atoms with E-state index in [1.807, 2.05) is 60.7 Å². The molecule has 3 nitrogen and oxygen atoms in total. The van der Waals surface area contributed by atoms with Crippen molar-refractivity contribution in [1.29, 1.82) is 0 Å². The second-order valence-corrected chi connectivity index (χ2v) is 5.34. The lowest BCUT2D eigenvalue weighted by Gasteiger charge is -2.06. The van der Waals surface area contributed by atoms with Gasteiger partial charge in [-0.3, -0.25) is 0 Å². The molecule has 0 heterocycles. The second kappa shape index (κ2) is 8.27. The summed E-state index contributed by atoms with van der Waals surface area (Å²) in [7, 11) is 0. The van der Waals surface area contributed by atoms with E-state index in [0.29, 0.717) is 6.54 Å². The SMILES string of the molecule is O=C(N/C=C/c1ccccc1)NCCc1ccccc1Br. The third kappa shape index (κ3) is 5.44. The number of carbonyl (C=O) groups excluding carboxylic acids is 1. The number of hydrogen-bond donors (Lipinski definition) is 2. The Hall–Kier alpha value is -2.07. The minimum Gasteiger partial charge on any atom is -0.338 e. The van der Waals surface area contributed by atoms with Gasteiger partial charge >= 0.3 is 6.03 Å². The molecule has 4 heteroatoms. The van der Waals surface area contributed by atoms with Crippen LogP contribution in [0, 0.1) is 0 Å². The van der Waals surface area contributed by atoms with E-state index in [0.717, 1.165) is 16.5 Å². The predicted molar refractivity (Wildman–Crippen MR) is 89.9 cm³/mol. The van der Waals surface area contributed by atoms with Gasteiger partial charge in [0.05, 0.1) is 0 Å². The summed E-state index contributed by atoms with van der Waals surface area (Å²) in [5.41, 5.74) is 2.23. The average molecular weight is 345 g/mol. The van der Waals surface area contributed by atoms with Crippen LogP contribution in [0.1, 0.15) is 11.1 Å². The molecule has 0 saturated heterocycles. The van der Waals surface area contributed by atoms with Crippen LogP contribution in [0.2, 0.25) is 0 Å². The predicted octanol–water partition coefficient (Wildman–Crippen LogP) is 3.96. The standard InChI is InChI=1S/C17H17BrN2O/c18-16-9-5-4-8-15(16)11-13-20-17(21)19-12-10-14-6-2-1-3-7-14/h1-10,12H,11,13H2,(H2,19,20,21)/b12-10+. The Bertz CT molecular complexity index is 611. The first kappa shape index (κ1) is 15.3. The van der Waals surface area contributed by atoms with Gasteiger partial charge in [-0.2, -0.15) is 0 Å². The first-order valence-electron chi connectivity index (χ1n) is 6.75. The van der Waals surface area contributed by atoms with E-state index in [1.165, 1.54) is 5.56 Å². The third-order valence-electron chi connectivity index (χ3n) is 2.93. The smallest absolute Gasteiger partial charge is 0.318 e. The Morgan fingerprint density at radius 3 is 2.52 bits per heavy atom. The molecule has 21 heavy (non-hydrogen) atoms. The number of amides is 2. The average Bonchev–Trinajstić information content (AvgIpc) is 2.50. The molecule has 0 aliphatic heterocycles. The summed E-state index contributed by atoms with van der Waals surface area (Å²) >= 11 is 3.49. The van der Waals surface area contributed by atoms with Crippen molar-refractivity contribution in [2.24, 2.45) is 0 Å². The lowest BCUT2D eigenvalue weighted by molar-refractivity contribution is 0.244. The Balaban J connectivity index is 1.71. The molecule has 2 N–H and O–H groups in total. The Kier molecular flexibility index (Phi) is 6.03. The Labute approximate surface area is 133 Å². The molecular formula is C17H17BrN2O. The van der Waals surface area contributed by atoms with Crippen LogP contribution in [0.3, 0.4) is 0 Å². The zero-order valence-electron chi connectivity index (χ0n) is 11.6. The van der Waals surface area contributed by atoms with Gasteiger partial charge in [0.2, 0.25) is 0 Å². The van der Waals surface area contributed by atoms with E-state index in [1.54, 1.807) is 6.20 Å². The summed E-state index contributed by atoms with van der Waals surface area (Å²) in [6, 6.07) is 17.6. The van der Waals surface area contributed by atoms with Crippen LogP contribution in [-0.4, -0.2) is 12.6 Å². The molecule has 0 saturated carbocycles. The summed E-state index contributed by atoms with van der Waals surface area (Å²) in [5, 5.41) is 5.51. The molecule has 0 aliphatic rings. The Morgan fingerprint density at radius 2 is 1.76 bits per heavy atom. The molecule has 2 rings (SSSR count). The molecule has 0 radical (unpaired) electrons. The molecule has 2 amide bonds. The minimum atomic E-state index is -0.200. The van der Waals surface area contributed by atoms with Crippen molar-refractivity contribution in [3.8, 4) is 0 Å². The maximum Gasteiger partial charge on any atom is 0.318 e. The monoisotopic (exact) mass is 344 g/mol. The first-order valence-corrected chi connectivity index (χ1v) is 7.54. The fraction of sp³-hybridized carbons (Fsp3) is 0.118. The fourth-order valence-corrected chi connectivity index (χ4v) is 2.32. The quantitative estimate of drug-likeness (QED) is 0.846. The molecule has 0 aliphatic carbocycles. The summed E-state index contributed by atoms with van der Waals surface area (Å²) in [6.07, 6.45) is 4.29. The molecule has 0 atom stereocenters. The molecule has 0 unspecified atom stereocenters. The highest BCUT2D eigenvalue weighted by Gasteiger charge is 2.00. The number of halogens is 1. The number of hydrogen-bond acceptors (Lipinski definition) is 1. The van der Waals surface area contributed by atoms with E-state index in [9.17, 15) is 4.79 Å². The van der Waals surface area contributed by atoms with E-state index in [4.69, 9.17) is 0 Å². The number of rotatable bonds is 5. The van der Waals surface area contributed by atoms with Gasteiger partial charge in [-0.05, 0) is 29.7 Å². The topological polar surface area (TPSA) is 41.1 Å². The van der Waals surface area contributed by atoms with Gasteiger partial charge in [0.25, 0.3) is 0 Å². The van der Waals surface area contributed by atoms with Gasteiger partial charge in [0.15, 0.2) is 0 Å². The summed E-state index contributed by atoms with van der Waals surface area (Å²) in [5.74, 6) is 0. The number of benzene rings is 2. The largest absolute Gasteiger partial charge is 0.338 e. The van der Waals surface area contributed by atoms with Crippen LogP contribution >= 0.6 is 15.9 Å². The summed E-state index contributed by atoms with van der Waals surface area (Å²) in [6.45, 7) is 0.591. The summed E-state index contributed by atoms with van der Waals surface area (Å²) in [4.78, 5) is 11.6. The van der Waals surface area contributed by atoms with E-state index in [-0.39, 0.29) is 6.03 Å². The van der Waals surface area contributed by atoms with Crippen molar-refractivity contribution in [1.82, 2.24) is 10.6 Å². The van der Waals surface area contributed by atoms with Crippen LogP contribution in [0.25, 0.3) is 6.08 Å². The van der Waals surface area contributed by atoms with E-state index >= 15 is 0 Å². The van der Waals surface area contributed by atoms with E-state index < -0.39 is 0 Å². The number of urea groups is 1. The molecule has 0 spiro atoms. The maximum absolute atomic E-state index is 11.6. The van der Waals surface area contributed by atoms with Gasteiger partial charge in [-0.15, -0.1) is 0 Å². The number of carbonyl (C=O) groups is 1. The van der Waals surface area contributed by atoms with Crippen molar-refractivity contribution in [2.45, 2.75) is 6.42 Å². The molecule has 0 aromatic heterocycles. The van der Waals surface area contributed by atoms with Crippen LogP contribution < -0.4 is 10.6 Å². The van der Waals surface area contributed by atoms with Crippen molar-refractivity contribution < 1.29 is 4.79 Å². The van der Waals surface area contributed by atoms with Crippen molar-refractivity contribution in [3.05, 3.63) is 76.4 Å². The molecule has 108 valence electrons. The van der Waals surface area contributed by atoms with Crippen LogP contribution in [0.15, 0.2) is 65.3 Å². The first-order chi connectivity index (χ1) is 10.3. The van der Waals surface area contributed by atoms with Gasteiger partial charge in [0, 0.05) is 17.2 Å². The van der Waals surface area contributed by atoms with Crippen LogP contribution in [0.4, 0.5) is 4.79 Å². The molecular weight excluding hydrogens is 328 g/mol. The highest BCUT2D eigenvalue weighted by molar-refractivity contribution is 9.10. The Morgan fingerprint density at radius 1 is 1.05 bits per heavy atom. The van der Waals surface area contributed by atoms with Gasteiger partial charge in [-0.25, -0.2) is 4.79 Å². The van der Waals surface area contributed by atoms with Gasteiger partial charge < -0.3 is 10.6 Å². The highest BCUT2D eigenvalue weighted by atomic mass is 79.9. The van der Waals surface area contributed by atoms with E-state index in [2.05, 4.69) is 26.6 Å². The lowest BCUT2D eigenvalue weighted by atomic mass is 10.1. The van der Waals surface area contributed by atoms with Crippen LogP contribution in [-0.2, 0) is 6.42 Å². The summed E-state index contributed by atoms with van der Waals surface area (Å²) < 4.78 is 1.07. The maximum atomic E-state index is 11.6. The van der Waals surface area contributed by atoms with Gasteiger partial charge in [-0.1, -0.05) is 64.5 Å². The van der Waals surface area contributed by atoms with Crippen molar-refractivity contribution in [3.63, 3.8) is 0 Å². The zero-order valence-corrected chi connectivity index (χ0v) is 13.1. The number of nitrogens with one attached hydrogen (secondary N) is 2. The van der Waals surface area contributed by atoms with Crippen molar-refractivity contribution in [2.75, 3.05) is 6.54 Å². The van der Waals surface area contributed by atoms with Gasteiger partial charge in [0.1, 0.15) is 0 Å². The lowest BCUT2D eigenvalue weighted by Crippen LogP contribution is -2.33. The fourth-order valence-electron chi connectivity index (χ4n) is 1.84. The molecule has 0 bridgehead atoms. The zero-order chi connectivity index (χ0) is 14.9. The molecule has 2 aromatic rings. The minimum absolute atomic E-state index is 0.200. The highest BCUT2D eigenvalue weighted by Crippen LogP contribution is 2.15.